The quantitative estimate of drug-likeness (QED) is 0.848. The summed E-state index contributed by atoms with van der Waals surface area (Å²) < 4.78 is 5.81. The maximum absolute atomic E-state index is 8.84. The highest BCUT2D eigenvalue weighted by Gasteiger charge is 2.20. The molecular weight excluding hydrogens is 214 g/mol. The van der Waals surface area contributed by atoms with Crippen molar-refractivity contribution in [3.63, 3.8) is 0 Å². The molecule has 1 aliphatic rings. The van der Waals surface area contributed by atoms with Gasteiger partial charge in [-0.15, -0.1) is 0 Å². The Labute approximate surface area is 101 Å². The number of hydrogen-bond donors (Lipinski definition) is 1. The van der Waals surface area contributed by atoms with Crippen LogP contribution in [0.25, 0.3) is 0 Å². The number of rotatable bonds is 2. The molecule has 2 atom stereocenters. The second-order valence-electron chi connectivity index (χ2n) is 4.71. The Bertz CT molecular complexity index is 439. The molecule has 1 saturated carbocycles. The topological polar surface area (TPSA) is 71.9 Å². The lowest BCUT2D eigenvalue weighted by atomic mass is 9.89. The molecule has 0 amide bonds. The highest BCUT2D eigenvalue weighted by atomic mass is 16.5. The Morgan fingerprint density at radius 3 is 3.00 bits per heavy atom. The molecule has 1 aromatic heterocycles. The van der Waals surface area contributed by atoms with E-state index in [1.807, 2.05) is 6.07 Å². The molecule has 0 spiro atoms. The van der Waals surface area contributed by atoms with Crippen molar-refractivity contribution < 1.29 is 4.74 Å². The van der Waals surface area contributed by atoms with E-state index in [9.17, 15) is 0 Å². The van der Waals surface area contributed by atoms with Gasteiger partial charge in [0.25, 0.3) is 0 Å². The van der Waals surface area contributed by atoms with Gasteiger partial charge in [0.15, 0.2) is 5.69 Å². The average molecular weight is 231 g/mol. The van der Waals surface area contributed by atoms with Crippen molar-refractivity contribution >= 4 is 5.69 Å². The third-order valence-electron chi connectivity index (χ3n) is 3.18. The van der Waals surface area contributed by atoms with Crippen LogP contribution in [0.15, 0.2) is 12.1 Å². The molecule has 4 heteroatoms. The summed E-state index contributed by atoms with van der Waals surface area (Å²) in [5, 5.41) is 8.84. The lowest BCUT2D eigenvalue weighted by Gasteiger charge is -2.26. The highest BCUT2D eigenvalue weighted by Crippen LogP contribution is 2.27. The number of nitrogens with zero attached hydrogens (tertiary/aromatic N) is 2. The molecule has 17 heavy (non-hydrogen) atoms. The van der Waals surface area contributed by atoms with Gasteiger partial charge in [-0.1, -0.05) is 13.3 Å². The lowest BCUT2D eigenvalue weighted by Crippen LogP contribution is -2.24. The van der Waals surface area contributed by atoms with E-state index in [0.717, 1.165) is 12.8 Å². The van der Waals surface area contributed by atoms with Gasteiger partial charge < -0.3 is 10.5 Å². The average Bonchev–Trinajstić information content (AvgIpc) is 2.32. The van der Waals surface area contributed by atoms with Crippen LogP contribution in [0.3, 0.4) is 0 Å². The SMILES string of the molecule is CC1CCCC(Oc2ccc(N)c(C#N)n2)C1. The van der Waals surface area contributed by atoms with Crippen LogP contribution in [0.2, 0.25) is 0 Å². The van der Waals surface area contributed by atoms with Gasteiger partial charge in [0.2, 0.25) is 5.88 Å². The summed E-state index contributed by atoms with van der Waals surface area (Å²) in [6.45, 7) is 2.24. The molecule has 1 aliphatic carbocycles. The van der Waals surface area contributed by atoms with Crippen LogP contribution in [0.1, 0.15) is 38.3 Å². The van der Waals surface area contributed by atoms with E-state index < -0.39 is 0 Å². The van der Waals surface area contributed by atoms with Crippen LogP contribution in [0, 0.1) is 17.2 Å². The summed E-state index contributed by atoms with van der Waals surface area (Å²) in [6, 6.07) is 5.37. The Morgan fingerprint density at radius 1 is 1.47 bits per heavy atom. The Kier molecular flexibility index (Phi) is 3.48. The molecule has 90 valence electrons. The van der Waals surface area contributed by atoms with Crippen LogP contribution < -0.4 is 10.5 Å². The Balaban J connectivity index is 2.06. The minimum Gasteiger partial charge on any atom is -0.474 e. The van der Waals surface area contributed by atoms with E-state index in [1.165, 1.54) is 12.8 Å². The van der Waals surface area contributed by atoms with Gasteiger partial charge in [-0.3, -0.25) is 0 Å². The largest absolute Gasteiger partial charge is 0.474 e. The zero-order valence-corrected chi connectivity index (χ0v) is 10.0. The van der Waals surface area contributed by atoms with Crippen LogP contribution >= 0.6 is 0 Å². The first-order chi connectivity index (χ1) is 8.19. The van der Waals surface area contributed by atoms with Crippen molar-refractivity contribution in [3.8, 4) is 11.9 Å². The van der Waals surface area contributed by atoms with E-state index in [2.05, 4.69) is 11.9 Å². The summed E-state index contributed by atoms with van der Waals surface area (Å²) >= 11 is 0. The zero-order valence-electron chi connectivity index (χ0n) is 10.0. The summed E-state index contributed by atoms with van der Waals surface area (Å²) in [4.78, 5) is 4.10. The number of pyridine rings is 1. The van der Waals surface area contributed by atoms with Crippen LogP contribution in [0.4, 0.5) is 5.69 Å². The Hall–Kier alpha value is -1.76. The summed E-state index contributed by atoms with van der Waals surface area (Å²) in [5.74, 6) is 1.22. The second-order valence-corrected chi connectivity index (χ2v) is 4.71. The van der Waals surface area contributed by atoms with Gasteiger partial charge in [-0.05, 0) is 31.2 Å². The van der Waals surface area contributed by atoms with Gasteiger partial charge in [0.05, 0.1) is 5.69 Å². The standard InChI is InChI=1S/C13H17N3O/c1-9-3-2-4-10(7-9)17-13-6-5-11(15)12(8-14)16-13/h5-6,9-10H,2-4,7,15H2,1H3. The van der Waals surface area contributed by atoms with Gasteiger partial charge in [-0.2, -0.15) is 5.26 Å². The number of nitrogens with two attached hydrogens (primary N) is 1. The molecule has 1 fully saturated rings. The fourth-order valence-electron chi connectivity index (χ4n) is 2.26. The molecule has 0 radical (unpaired) electrons. The number of nitrogen functional groups attached to an aromatic ring is 1. The van der Waals surface area contributed by atoms with Crippen molar-refractivity contribution in [3.05, 3.63) is 17.8 Å². The second kappa shape index (κ2) is 5.05. The lowest BCUT2D eigenvalue weighted by molar-refractivity contribution is 0.124. The van der Waals surface area contributed by atoms with E-state index in [4.69, 9.17) is 15.7 Å². The minimum atomic E-state index is 0.224. The molecule has 4 nitrogen and oxygen atoms in total. The molecule has 0 aromatic carbocycles. The zero-order chi connectivity index (χ0) is 12.3. The molecule has 0 aliphatic heterocycles. The number of nitriles is 1. The maximum Gasteiger partial charge on any atom is 0.214 e. The predicted molar refractivity (Wildman–Crippen MR) is 65.4 cm³/mol. The highest BCUT2D eigenvalue weighted by molar-refractivity contribution is 5.50. The molecule has 1 aromatic rings. The molecule has 1 heterocycles. The first-order valence-electron chi connectivity index (χ1n) is 6.02. The van der Waals surface area contributed by atoms with Crippen molar-refractivity contribution in [1.82, 2.24) is 4.98 Å². The third kappa shape index (κ3) is 2.88. The number of anilines is 1. The van der Waals surface area contributed by atoms with Crippen molar-refractivity contribution in [1.29, 1.82) is 5.26 Å². The van der Waals surface area contributed by atoms with Crippen molar-refractivity contribution in [2.24, 2.45) is 5.92 Å². The molecule has 0 saturated heterocycles. The van der Waals surface area contributed by atoms with E-state index in [-0.39, 0.29) is 11.8 Å². The predicted octanol–water partition coefficient (Wildman–Crippen LogP) is 2.49. The van der Waals surface area contributed by atoms with Crippen LogP contribution in [0.5, 0.6) is 5.88 Å². The first kappa shape index (κ1) is 11.7. The minimum absolute atomic E-state index is 0.224. The third-order valence-corrected chi connectivity index (χ3v) is 3.18. The molecule has 0 bridgehead atoms. The first-order valence-corrected chi connectivity index (χ1v) is 6.02. The van der Waals surface area contributed by atoms with Gasteiger partial charge in [-0.25, -0.2) is 4.98 Å². The molecule has 2 rings (SSSR count). The maximum atomic E-state index is 8.84. The molecular formula is C13H17N3O. The summed E-state index contributed by atoms with van der Waals surface area (Å²) in [7, 11) is 0. The van der Waals surface area contributed by atoms with Crippen LogP contribution in [-0.2, 0) is 0 Å². The van der Waals surface area contributed by atoms with Crippen molar-refractivity contribution in [2.45, 2.75) is 38.7 Å². The fraction of sp³-hybridized carbons (Fsp3) is 0.538. The number of ether oxygens (including phenoxy) is 1. The Morgan fingerprint density at radius 2 is 2.29 bits per heavy atom. The monoisotopic (exact) mass is 231 g/mol. The summed E-state index contributed by atoms with van der Waals surface area (Å²) in [6.07, 6.45) is 4.83. The molecule has 2 unspecified atom stereocenters. The van der Waals surface area contributed by atoms with E-state index in [0.29, 0.717) is 17.5 Å². The van der Waals surface area contributed by atoms with Crippen molar-refractivity contribution in [2.75, 3.05) is 5.73 Å². The van der Waals surface area contributed by atoms with E-state index >= 15 is 0 Å². The normalized spacial score (nSPS) is 24.0. The number of hydrogen-bond acceptors (Lipinski definition) is 4. The van der Waals surface area contributed by atoms with Crippen LogP contribution in [-0.4, -0.2) is 11.1 Å². The van der Waals surface area contributed by atoms with Gasteiger partial charge >= 0.3 is 0 Å². The molecule has 2 N–H and O–H groups in total. The smallest absolute Gasteiger partial charge is 0.214 e. The number of aromatic nitrogens is 1. The fourth-order valence-corrected chi connectivity index (χ4v) is 2.26. The summed E-state index contributed by atoms with van der Waals surface area (Å²) in [5.41, 5.74) is 6.26. The van der Waals surface area contributed by atoms with Gasteiger partial charge in [0, 0.05) is 6.07 Å². The van der Waals surface area contributed by atoms with Gasteiger partial charge in [0.1, 0.15) is 12.2 Å². The van der Waals surface area contributed by atoms with E-state index in [1.54, 1.807) is 12.1 Å².